The van der Waals surface area contributed by atoms with Gasteiger partial charge in [0.15, 0.2) is 0 Å². The first-order chi connectivity index (χ1) is 8.24. The molecule has 0 bridgehead atoms. The third kappa shape index (κ3) is 2.39. The minimum Gasteiger partial charge on any atom is -0.387 e. The SMILES string of the molecule is CNc1ccncc1C(=O)N1CCOCC1C. The summed E-state index contributed by atoms with van der Waals surface area (Å²) in [5.41, 5.74) is 1.42. The summed E-state index contributed by atoms with van der Waals surface area (Å²) >= 11 is 0. The smallest absolute Gasteiger partial charge is 0.257 e. The topological polar surface area (TPSA) is 54.5 Å². The fraction of sp³-hybridized carbons (Fsp3) is 0.500. The van der Waals surface area contributed by atoms with Gasteiger partial charge in [0.2, 0.25) is 0 Å². The lowest BCUT2D eigenvalue weighted by atomic mass is 10.1. The van der Waals surface area contributed by atoms with Gasteiger partial charge in [-0.3, -0.25) is 9.78 Å². The Labute approximate surface area is 101 Å². The summed E-state index contributed by atoms with van der Waals surface area (Å²) < 4.78 is 5.33. The van der Waals surface area contributed by atoms with Gasteiger partial charge in [-0.25, -0.2) is 0 Å². The molecule has 1 aromatic rings. The number of ether oxygens (including phenoxy) is 1. The Hall–Kier alpha value is -1.62. The number of nitrogens with zero attached hydrogens (tertiary/aromatic N) is 2. The molecule has 0 radical (unpaired) electrons. The van der Waals surface area contributed by atoms with Crippen LogP contribution >= 0.6 is 0 Å². The zero-order valence-corrected chi connectivity index (χ0v) is 10.1. The van der Waals surface area contributed by atoms with Crippen molar-refractivity contribution in [3.8, 4) is 0 Å². The molecular weight excluding hydrogens is 218 g/mol. The first-order valence-electron chi connectivity index (χ1n) is 5.74. The van der Waals surface area contributed by atoms with Crippen LogP contribution < -0.4 is 5.32 Å². The van der Waals surface area contributed by atoms with Gasteiger partial charge in [0.05, 0.1) is 24.8 Å². The molecule has 5 nitrogen and oxygen atoms in total. The van der Waals surface area contributed by atoms with Crippen molar-refractivity contribution in [3.05, 3.63) is 24.0 Å². The number of aromatic nitrogens is 1. The fourth-order valence-electron chi connectivity index (χ4n) is 1.97. The Bertz CT molecular complexity index is 408. The molecule has 0 spiro atoms. The maximum Gasteiger partial charge on any atom is 0.257 e. The van der Waals surface area contributed by atoms with Crippen LogP contribution in [0.1, 0.15) is 17.3 Å². The number of nitrogens with one attached hydrogen (secondary N) is 1. The van der Waals surface area contributed by atoms with Crippen molar-refractivity contribution in [2.24, 2.45) is 0 Å². The van der Waals surface area contributed by atoms with Crippen molar-refractivity contribution in [2.45, 2.75) is 13.0 Å². The second kappa shape index (κ2) is 5.14. The maximum absolute atomic E-state index is 12.4. The number of hydrogen-bond donors (Lipinski definition) is 1. The minimum atomic E-state index is 0.0123. The van der Waals surface area contributed by atoms with Crippen LogP contribution in [-0.2, 0) is 4.74 Å². The van der Waals surface area contributed by atoms with E-state index >= 15 is 0 Å². The number of morpholine rings is 1. The molecule has 1 aliphatic heterocycles. The highest BCUT2D eigenvalue weighted by atomic mass is 16.5. The summed E-state index contributed by atoms with van der Waals surface area (Å²) in [5.74, 6) is 0.0123. The number of anilines is 1. The Morgan fingerprint density at radius 3 is 3.18 bits per heavy atom. The molecule has 0 aromatic carbocycles. The average Bonchev–Trinajstić information content (AvgIpc) is 2.38. The van der Waals surface area contributed by atoms with Crippen LogP contribution in [0.15, 0.2) is 18.5 Å². The molecule has 1 saturated heterocycles. The van der Waals surface area contributed by atoms with Gasteiger partial charge in [0.25, 0.3) is 5.91 Å². The second-order valence-electron chi connectivity index (χ2n) is 4.09. The van der Waals surface area contributed by atoms with Crippen molar-refractivity contribution < 1.29 is 9.53 Å². The van der Waals surface area contributed by atoms with E-state index in [0.717, 1.165) is 5.69 Å². The zero-order chi connectivity index (χ0) is 12.3. The number of hydrogen-bond acceptors (Lipinski definition) is 4. The van der Waals surface area contributed by atoms with Gasteiger partial charge in [0, 0.05) is 31.7 Å². The molecule has 2 heterocycles. The molecule has 2 rings (SSSR count). The van der Waals surface area contributed by atoms with Crippen molar-refractivity contribution in [2.75, 3.05) is 32.1 Å². The van der Waals surface area contributed by atoms with Crippen molar-refractivity contribution >= 4 is 11.6 Å². The summed E-state index contributed by atoms with van der Waals surface area (Å²) in [6.45, 7) is 3.83. The quantitative estimate of drug-likeness (QED) is 0.830. The zero-order valence-electron chi connectivity index (χ0n) is 10.1. The average molecular weight is 235 g/mol. The van der Waals surface area contributed by atoms with E-state index in [1.165, 1.54) is 0 Å². The summed E-state index contributed by atoms with van der Waals surface area (Å²) in [4.78, 5) is 18.2. The molecule has 1 aromatic heterocycles. The van der Waals surface area contributed by atoms with Gasteiger partial charge >= 0.3 is 0 Å². The molecule has 1 amide bonds. The standard InChI is InChI=1S/C12H17N3O2/c1-9-8-17-6-5-15(9)12(16)10-7-14-4-3-11(10)13-2/h3-4,7,9H,5-6,8H2,1-2H3,(H,13,14). The van der Waals surface area contributed by atoms with Crippen molar-refractivity contribution in [3.63, 3.8) is 0 Å². The predicted molar refractivity (Wildman–Crippen MR) is 65.1 cm³/mol. The number of carbonyl (C=O) groups excluding carboxylic acids is 1. The molecule has 1 N–H and O–H groups in total. The van der Waals surface area contributed by atoms with Crippen molar-refractivity contribution in [1.29, 1.82) is 0 Å². The van der Waals surface area contributed by atoms with Gasteiger partial charge in [-0.2, -0.15) is 0 Å². The van der Waals surface area contributed by atoms with Crippen LogP contribution in [0, 0.1) is 0 Å². The first kappa shape index (κ1) is 11.9. The second-order valence-corrected chi connectivity index (χ2v) is 4.09. The molecule has 1 atom stereocenters. The molecular formula is C12H17N3O2. The van der Waals surface area contributed by atoms with Gasteiger partial charge in [0.1, 0.15) is 0 Å². The summed E-state index contributed by atoms with van der Waals surface area (Å²) in [7, 11) is 1.80. The van der Waals surface area contributed by atoms with Crippen LogP contribution in [0.3, 0.4) is 0 Å². The highest BCUT2D eigenvalue weighted by Crippen LogP contribution is 2.18. The number of rotatable bonds is 2. The Balaban J connectivity index is 2.23. The molecule has 0 aliphatic carbocycles. The Morgan fingerprint density at radius 1 is 1.65 bits per heavy atom. The molecule has 1 aliphatic rings. The van der Waals surface area contributed by atoms with Gasteiger partial charge in [-0.1, -0.05) is 0 Å². The van der Waals surface area contributed by atoms with Crippen LogP contribution in [0.5, 0.6) is 0 Å². The van der Waals surface area contributed by atoms with E-state index < -0.39 is 0 Å². The Kier molecular flexibility index (Phi) is 3.58. The van der Waals surface area contributed by atoms with Crippen molar-refractivity contribution in [1.82, 2.24) is 9.88 Å². The highest BCUT2D eigenvalue weighted by molar-refractivity contribution is 5.99. The maximum atomic E-state index is 12.4. The van der Waals surface area contributed by atoms with E-state index in [-0.39, 0.29) is 11.9 Å². The third-order valence-electron chi connectivity index (χ3n) is 2.95. The van der Waals surface area contributed by atoms with Gasteiger partial charge < -0.3 is 15.0 Å². The highest BCUT2D eigenvalue weighted by Gasteiger charge is 2.26. The Morgan fingerprint density at radius 2 is 2.47 bits per heavy atom. The van der Waals surface area contributed by atoms with E-state index in [9.17, 15) is 4.79 Å². The molecule has 1 unspecified atom stereocenters. The largest absolute Gasteiger partial charge is 0.387 e. The lowest BCUT2D eigenvalue weighted by molar-refractivity contribution is 0.00362. The lowest BCUT2D eigenvalue weighted by Crippen LogP contribution is -2.47. The molecule has 5 heteroatoms. The number of amides is 1. The van der Waals surface area contributed by atoms with Crippen LogP contribution in [0.2, 0.25) is 0 Å². The lowest BCUT2D eigenvalue weighted by Gasteiger charge is -2.33. The first-order valence-corrected chi connectivity index (χ1v) is 5.74. The van der Waals surface area contributed by atoms with E-state index in [0.29, 0.717) is 25.3 Å². The molecule has 1 fully saturated rings. The van der Waals surface area contributed by atoms with Crippen LogP contribution in [0.25, 0.3) is 0 Å². The van der Waals surface area contributed by atoms with E-state index in [1.807, 2.05) is 11.8 Å². The third-order valence-corrected chi connectivity index (χ3v) is 2.95. The minimum absolute atomic E-state index is 0.0123. The molecule has 0 saturated carbocycles. The van der Waals surface area contributed by atoms with E-state index in [4.69, 9.17) is 4.74 Å². The fourth-order valence-corrected chi connectivity index (χ4v) is 1.97. The summed E-state index contributed by atoms with van der Waals surface area (Å²) in [5, 5.41) is 3.01. The van der Waals surface area contributed by atoms with Crippen LogP contribution in [0.4, 0.5) is 5.69 Å². The monoisotopic (exact) mass is 235 g/mol. The van der Waals surface area contributed by atoms with E-state index in [2.05, 4.69) is 10.3 Å². The normalized spacial score (nSPS) is 20.1. The summed E-state index contributed by atoms with van der Waals surface area (Å²) in [6, 6.07) is 1.92. The van der Waals surface area contributed by atoms with E-state index in [1.54, 1.807) is 25.5 Å². The molecule has 17 heavy (non-hydrogen) atoms. The number of pyridine rings is 1. The van der Waals surface area contributed by atoms with Gasteiger partial charge in [-0.15, -0.1) is 0 Å². The van der Waals surface area contributed by atoms with Crippen LogP contribution in [-0.4, -0.2) is 48.6 Å². The summed E-state index contributed by atoms with van der Waals surface area (Å²) in [6.07, 6.45) is 3.28. The number of carbonyl (C=O) groups is 1. The molecule has 92 valence electrons. The van der Waals surface area contributed by atoms with Gasteiger partial charge in [-0.05, 0) is 13.0 Å². The predicted octanol–water partition coefficient (Wildman–Crippen LogP) is 0.984.